The molecule has 1 aromatic heterocycles. The van der Waals surface area contributed by atoms with Crippen molar-refractivity contribution in [3.05, 3.63) is 30.4 Å². The van der Waals surface area contributed by atoms with Crippen LogP contribution in [0.1, 0.15) is 112 Å². The van der Waals surface area contributed by atoms with Crippen molar-refractivity contribution in [1.82, 2.24) is 14.9 Å². The highest BCUT2D eigenvalue weighted by Crippen LogP contribution is 2.67. The van der Waals surface area contributed by atoms with Gasteiger partial charge in [0.25, 0.3) is 0 Å². The number of amides is 1. The van der Waals surface area contributed by atoms with E-state index in [1.165, 1.54) is 51.4 Å². The first-order valence-corrected chi connectivity index (χ1v) is 16.3. The number of aryl methyl sites for hydroxylation is 1. The van der Waals surface area contributed by atoms with E-state index in [1.54, 1.807) is 11.8 Å². The zero-order chi connectivity index (χ0) is 27.6. The summed E-state index contributed by atoms with van der Waals surface area (Å²) in [6, 6.07) is 0. The summed E-state index contributed by atoms with van der Waals surface area (Å²) in [5.74, 6) is 5.16. The molecule has 0 unspecified atom stereocenters. The van der Waals surface area contributed by atoms with E-state index < -0.39 is 0 Å². The van der Waals surface area contributed by atoms with Gasteiger partial charge in [0.05, 0.1) is 6.33 Å². The number of ether oxygens (including phenoxy) is 1. The maximum Gasteiger partial charge on any atom is 0.407 e. The molecule has 5 nitrogen and oxygen atoms in total. The van der Waals surface area contributed by atoms with E-state index in [4.69, 9.17) is 4.74 Å². The third-order valence-electron chi connectivity index (χ3n) is 12.0. The number of carbonyl (C=O) groups excluding carboxylic acids is 1. The SMILES string of the molecule is CC(C)CCC[C@@H](C)[C@H]1CC[C@H]2[C@@H]3CC=C4C[C@@H](OC(=O)NCCCn5ccnc5)CC[C@]4(C)[C@H]3CC[C@]12C. The minimum atomic E-state index is -0.253. The molecular weight excluding hydrogens is 482 g/mol. The minimum Gasteiger partial charge on any atom is -0.446 e. The zero-order valence-corrected chi connectivity index (χ0v) is 25.5. The normalized spacial score (nSPS) is 36.5. The van der Waals surface area contributed by atoms with Gasteiger partial charge in [-0.3, -0.25) is 0 Å². The predicted molar refractivity (Wildman–Crippen MR) is 158 cm³/mol. The number of allylic oxidation sites excluding steroid dienone is 1. The smallest absolute Gasteiger partial charge is 0.407 e. The molecule has 4 aliphatic carbocycles. The molecule has 5 heteroatoms. The largest absolute Gasteiger partial charge is 0.446 e. The van der Waals surface area contributed by atoms with Crippen molar-refractivity contribution < 1.29 is 9.53 Å². The fourth-order valence-electron chi connectivity index (χ4n) is 9.82. The Bertz CT molecular complexity index is 987. The summed E-state index contributed by atoms with van der Waals surface area (Å²) in [6.07, 6.45) is 23.0. The number of hydrogen-bond donors (Lipinski definition) is 1. The molecule has 218 valence electrons. The molecule has 0 saturated heterocycles. The Morgan fingerprint density at radius 1 is 1.10 bits per heavy atom. The molecule has 1 aromatic rings. The number of nitrogens with zero attached hydrogens (tertiary/aromatic N) is 2. The number of carbonyl (C=O) groups is 1. The molecule has 0 bridgehead atoms. The van der Waals surface area contributed by atoms with Crippen molar-refractivity contribution in [2.75, 3.05) is 6.54 Å². The maximum absolute atomic E-state index is 12.5. The number of imidazole rings is 1. The molecule has 1 amide bonds. The Balaban J connectivity index is 1.15. The van der Waals surface area contributed by atoms with Crippen molar-refractivity contribution in [2.24, 2.45) is 46.3 Å². The number of nitrogens with one attached hydrogen (secondary N) is 1. The summed E-state index contributed by atoms with van der Waals surface area (Å²) in [5, 5.41) is 2.97. The summed E-state index contributed by atoms with van der Waals surface area (Å²) in [7, 11) is 0. The summed E-state index contributed by atoms with van der Waals surface area (Å²) in [4.78, 5) is 16.6. The van der Waals surface area contributed by atoms with Gasteiger partial charge in [-0.2, -0.15) is 0 Å². The predicted octanol–water partition coefficient (Wildman–Crippen LogP) is 8.41. The molecule has 3 fully saturated rings. The van der Waals surface area contributed by atoms with Crippen molar-refractivity contribution in [1.29, 1.82) is 0 Å². The molecule has 0 spiro atoms. The molecule has 1 N–H and O–H groups in total. The van der Waals surface area contributed by atoms with Crippen molar-refractivity contribution in [2.45, 2.75) is 124 Å². The van der Waals surface area contributed by atoms with Crippen LogP contribution in [0.3, 0.4) is 0 Å². The topological polar surface area (TPSA) is 56.1 Å². The molecule has 0 aromatic carbocycles. The standard InChI is InChI=1S/C34H55N3O2/c1-24(2)8-6-9-25(3)29-12-13-30-28-11-10-26-22-27(14-16-33(26,4)31(28)15-17-34(29,30)5)39-32(38)36-18-7-20-37-21-19-35-23-37/h10,19,21,23-25,27-31H,6-9,11-18,20,22H2,1-5H3,(H,36,38)/t25-,27+,28+,29-,30+,31+,33+,34-/m1/s1. The van der Waals surface area contributed by atoms with Crippen LogP contribution in [0.15, 0.2) is 30.4 Å². The van der Waals surface area contributed by atoms with Gasteiger partial charge >= 0.3 is 6.09 Å². The lowest BCUT2D eigenvalue weighted by Crippen LogP contribution is -2.51. The lowest BCUT2D eigenvalue weighted by atomic mass is 9.47. The van der Waals surface area contributed by atoms with Crippen LogP contribution in [-0.4, -0.2) is 28.3 Å². The zero-order valence-electron chi connectivity index (χ0n) is 25.5. The third-order valence-corrected chi connectivity index (χ3v) is 12.0. The van der Waals surface area contributed by atoms with Gasteiger partial charge in [0.1, 0.15) is 6.10 Å². The molecule has 39 heavy (non-hydrogen) atoms. The summed E-state index contributed by atoms with van der Waals surface area (Å²) >= 11 is 0. The first-order chi connectivity index (χ1) is 18.7. The highest BCUT2D eigenvalue weighted by atomic mass is 16.6. The van der Waals surface area contributed by atoms with Crippen LogP contribution in [0, 0.1) is 46.3 Å². The summed E-state index contributed by atoms with van der Waals surface area (Å²) in [6.45, 7) is 14.0. The molecular formula is C34H55N3O2. The quantitative estimate of drug-likeness (QED) is 0.241. The monoisotopic (exact) mass is 537 g/mol. The number of fused-ring (bicyclic) bond motifs is 5. The van der Waals surface area contributed by atoms with Gasteiger partial charge in [-0.05, 0) is 97.7 Å². The number of rotatable bonds is 10. The van der Waals surface area contributed by atoms with Gasteiger partial charge in [-0.1, -0.05) is 65.5 Å². The van der Waals surface area contributed by atoms with E-state index >= 15 is 0 Å². The fourth-order valence-corrected chi connectivity index (χ4v) is 9.82. The Morgan fingerprint density at radius 3 is 2.72 bits per heavy atom. The molecule has 5 rings (SSSR count). The van der Waals surface area contributed by atoms with Gasteiger partial charge in [0.15, 0.2) is 0 Å². The molecule has 0 aliphatic heterocycles. The van der Waals surface area contributed by atoms with Gasteiger partial charge in [0, 0.05) is 31.9 Å². The summed E-state index contributed by atoms with van der Waals surface area (Å²) in [5.41, 5.74) is 2.43. The van der Waals surface area contributed by atoms with E-state index in [0.717, 1.165) is 67.7 Å². The van der Waals surface area contributed by atoms with E-state index in [2.05, 4.69) is 51.0 Å². The molecule has 1 heterocycles. The highest BCUT2D eigenvalue weighted by Gasteiger charge is 2.59. The average Bonchev–Trinajstić information content (AvgIpc) is 3.54. The Labute approximate surface area is 237 Å². The van der Waals surface area contributed by atoms with E-state index in [-0.39, 0.29) is 12.2 Å². The van der Waals surface area contributed by atoms with E-state index in [0.29, 0.717) is 17.4 Å². The maximum atomic E-state index is 12.5. The van der Waals surface area contributed by atoms with Crippen molar-refractivity contribution in [3.8, 4) is 0 Å². The second-order valence-corrected chi connectivity index (χ2v) is 14.6. The lowest BCUT2D eigenvalue weighted by Gasteiger charge is -2.58. The molecule has 3 saturated carbocycles. The van der Waals surface area contributed by atoms with Crippen LogP contribution in [0.2, 0.25) is 0 Å². The fraction of sp³-hybridized carbons (Fsp3) is 0.824. The van der Waals surface area contributed by atoms with E-state index in [9.17, 15) is 4.79 Å². The Morgan fingerprint density at radius 2 is 1.95 bits per heavy atom. The van der Waals surface area contributed by atoms with Crippen LogP contribution in [0.4, 0.5) is 4.79 Å². The van der Waals surface area contributed by atoms with Gasteiger partial charge < -0.3 is 14.6 Å². The first-order valence-electron chi connectivity index (χ1n) is 16.3. The third kappa shape index (κ3) is 5.98. The number of alkyl carbamates (subject to hydrolysis) is 1. The minimum absolute atomic E-state index is 0.0194. The first kappa shape index (κ1) is 28.7. The van der Waals surface area contributed by atoms with Crippen LogP contribution in [0.25, 0.3) is 0 Å². The Hall–Kier alpha value is -1.78. The number of aromatic nitrogens is 2. The van der Waals surface area contributed by atoms with Crippen LogP contribution < -0.4 is 5.32 Å². The molecule has 8 atom stereocenters. The number of hydrogen-bond acceptors (Lipinski definition) is 3. The van der Waals surface area contributed by atoms with Gasteiger partial charge in [-0.25, -0.2) is 9.78 Å². The van der Waals surface area contributed by atoms with Gasteiger partial charge in [-0.15, -0.1) is 0 Å². The summed E-state index contributed by atoms with van der Waals surface area (Å²) < 4.78 is 7.95. The lowest BCUT2D eigenvalue weighted by molar-refractivity contribution is -0.0581. The molecule has 4 aliphatic rings. The van der Waals surface area contributed by atoms with Crippen LogP contribution in [0.5, 0.6) is 0 Å². The second-order valence-electron chi connectivity index (χ2n) is 14.6. The average molecular weight is 538 g/mol. The highest BCUT2D eigenvalue weighted by molar-refractivity contribution is 5.67. The van der Waals surface area contributed by atoms with Crippen LogP contribution in [-0.2, 0) is 11.3 Å². The Kier molecular flexibility index (Phi) is 8.83. The van der Waals surface area contributed by atoms with Crippen LogP contribution >= 0.6 is 0 Å². The van der Waals surface area contributed by atoms with Crippen molar-refractivity contribution in [3.63, 3.8) is 0 Å². The van der Waals surface area contributed by atoms with E-state index in [1.807, 2.05) is 17.1 Å². The molecule has 0 radical (unpaired) electrons. The second kappa shape index (κ2) is 12.0. The van der Waals surface area contributed by atoms with Gasteiger partial charge in [0.2, 0.25) is 0 Å². The van der Waals surface area contributed by atoms with Crippen molar-refractivity contribution >= 4 is 6.09 Å².